The van der Waals surface area contributed by atoms with Gasteiger partial charge >= 0.3 is 0 Å². The van der Waals surface area contributed by atoms with Crippen LogP contribution in [0.25, 0.3) is 0 Å². The van der Waals surface area contributed by atoms with Gasteiger partial charge in [-0.05, 0) is 43.3 Å². The highest BCUT2D eigenvalue weighted by Gasteiger charge is 2.22. The quantitative estimate of drug-likeness (QED) is 0.553. The van der Waals surface area contributed by atoms with Crippen molar-refractivity contribution in [3.05, 3.63) is 10.5 Å². The van der Waals surface area contributed by atoms with Gasteiger partial charge in [0, 0.05) is 18.4 Å². The maximum absolute atomic E-state index is 11.3. The van der Waals surface area contributed by atoms with Crippen LogP contribution >= 0.6 is 39.9 Å². The fourth-order valence-corrected chi connectivity index (χ4v) is 2.53. The van der Waals surface area contributed by atoms with E-state index in [1.54, 1.807) is 6.92 Å². The minimum Gasteiger partial charge on any atom is -0.362 e. The Hall–Kier alpha value is 0.640. The molecule has 0 spiro atoms. The summed E-state index contributed by atoms with van der Waals surface area (Å²) < 4.78 is 11.3. The smallest absolute Gasteiger partial charge is 0.280 e. The van der Waals surface area contributed by atoms with Crippen LogP contribution < -0.4 is 0 Å². The van der Waals surface area contributed by atoms with Gasteiger partial charge in [0.25, 0.3) is 5.85 Å². The zero-order chi connectivity index (χ0) is 10.6. The molecule has 78 valence electrons. The number of nitrogens with zero attached hydrogens (tertiary/aromatic N) is 1. The predicted octanol–water partition coefficient (Wildman–Crippen LogP) is 4.43. The first-order chi connectivity index (χ1) is 5.84. The summed E-state index contributed by atoms with van der Waals surface area (Å²) in [6, 6.07) is 0. The molecule has 0 heterocycles. The van der Waals surface area contributed by atoms with Crippen LogP contribution in [-0.2, 0) is 4.57 Å². The average Bonchev–Trinajstić information content (AvgIpc) is 2.03. The standard InChI is InChI=1S/C7H13Cl3NOP/c1-4-11(5-2)7(8)6(3)13(9,10)12/h4-5H2,1-3H3/b7-6+. The second-order valence-electron chi connectivity index (χ2n) is 2.51. The lowest BCUT2D eigenvalue weighted by Crippen LogP contribution is -2.20. The van der Waals surface area contributed by atoms with Crippen molar-refractivity contribution in [1.82, 2.24) is 4.90 Å². The monoisotopic (exact) mass is 263 g/mol. The first-order valence-corrected chi connectivity index (χ1v) is 7.85. The van der Waals surface area contributed by atoms with Gasteiger partial charge in [-0.2, -0.15) is 0 Å². The second kappa shape index (κ2) is 5.50. The molecule has 0 aromatic carbocycles. The summed E-state index contributed by atoms with van der Waals surface area (Å²) in [6.07, 6.45) is 0. The number of rotatable bonds is 4. The minimum atomic E-state index is -3.24. The summed E-state index contributed by atoms with van der Waals surface area (Å²) >= 11 is 16.9. The van der Waals surface area contributed by atoms with Crippen LogP contribution in [0.5, 0.6) is 0 Å². The van der Waals surface area contributed by atoms with Crippen molar-refractivity contribution in [2.75, 3.05) is 13.1 Å². The first kappa shape index (κ1) is 13.6. The molecule has 0 bridgehead atoms. The summed E-state index contributed by atoms with van der Waals surface area (Å²) in [5, 5.41) is 0.736. The zero-order valence-electron chi connectivity index (χ0n) is 7.85. The van der Waals surface area contributed by atoms with Gasteiger partial charge in [-0.3, -0.25) is 4.57 Å². The lowest BCUT2D eigenvalue weighted by molar-refractivity contribution is 0.404. The third kappa shape index (κ3) is 4.12. The zero-order valence-corrected chi connectivity index (χ0v) is 11.0. The molecule has 2 nitrogen and oxygen atoms in total. The fraction of sp³-hybridized carbons (Fsp3) is 0.714. The maximum Gasteiger partial charge on any atom is 0.280 e. The highest BCUT2D eigenvalue weighted by atomic mass is 35.9. The van der Waals surface area contributed by atoms with Gasteiger partial charge in [0.05, 0.1) is 0 Å². The van der Waals surface area contributed by atoms with Crippen LogP contribution in [0.3, 0.4) is 0 Å². The molecule has 13 heavy (non-hydrogen) atoms. The summed E-state index contributed by atoms with van der Waals surface area (Å²) in [4.78, 5) is 1.84. The molecule has 0 aliphatic heterocycles. The third-order valence-corrected chi connectivity index (χ3v) is 4.90. The topological polar surface area (TPSA) is 20.3 Å². The van der Waals surface area contributed by atoms with Gasteiger partial charge in [-0.1, -0.05) is 11.6 Å². The van der Waals surface area contributed by atoms with E-state index in [-0.39, 0.29) is 0 Å². The Morgan fingerprint density at radius 1 is 1.31 bits per heavy atom. The van der Waals surface area contributed by atoms with E-state index < -0.39 is 5.85 Å². The lowest BCUT2D eigenvalue weighted by Gasteiger charge is -2.21. The molecule has 0 aromatic rings. The summed E-state index contributed by atoms with van der Waals surface area (Å²) in [5.74, 6) is -3.24. The van der Waals surface area contributed by atoms with Crippen molar-refractivity contribution in [1.29, 1.82) is 0 Å². The van der Waals surface area contributed by atoms with Gasteiger partial charge in [0.1, 0.15) is 5.16 Å². The van der Waals surface area contributed by atoms with Crippen LogP contribution in [0.4, 0.5) is 0 Å². The molecular formula is C7H13Cl3NOP. The van der Waals surface area contributed by atoms with Crippen LogP contribution in [0.1, 0.15) is 20.8 Å². The summed E-state index contributed by atoms with van der Waals surface area (Å²) in [5.41, 5.74) is 0. The summed E-state index contributed by atoms with van der Waals surface area (Å²) in [6.45, 7) is 6.96. The van der Waals surface area contributed by atoms with Crippen LogP contribution in [0.15, 0.2) is 10.5 Å². The molecular weight excluding hydrogens is 251 g/mol. The van der Waals surface area contributed by atoms with E-state index in [2.05, 4.69) is 0 Å². The third-order valence-electron chi connectivity index (χ3n) is 1.73. The highest BCUT2D eigenvalue weighted by molar-refractivity contribution is 8.11. The van der Waals surface area contributed by atoms with Crippen molar-refractivity contribution in [3.63, 3.8) is 0 Å². The number of hydrogen-bond donors (Lipinski definition) is 0. The molecule has 0 aliphatic carbocycles. The lowest BCUT2D eigenvalue weighted by atomic mass is 10.5. The van der Waals surface area contributed by atoms with Crippen molar-refractivity contribution >= 4 is 39.9 Å². The maximum atomic E-state index is 11.3. The van der Waals surface area contributed by atoms with Gasteiger partial charge < -0.3 is 4.90 Å². The van der Waals surface area contributed by atoms with Gasteiger partial charge in [0.2, 0.25) is 0 Å². The number of allylic oxidation sites excluding steroid dienone is 1. The van der Waals surface area contributed by atoms with E-state index in [1.807, 2.05) is 18.7 Å². The highest BCUT2D eigenvalue weighted by Crippen LogP contribution is 2.64. The molecule has 0 rings (SSSR count). The van der Waals surface area contributed by atoms with Gasteiger partial charge in [-0.25, -0.2) is 0 Å². The molecule has 0 aliphatic rings. The van der Waals surface area contributed by atoms with Gasteiger partial charge in [-0.15, -0.1) is 0 Å². The van der Waals surface area contributed by atoms with Crippen LogP contribution in [0, 0.1) is 0 Å². The molecule has 0 N–H and O–H groups in total. The fourth-order valence-electron chi connectivity index (χ4n) is 0.837. The second-order valence-corrected chi connectivity index (χ2v) is 7.84. The molecule has 0 unspecified atom stereocenters. The molecule has 0 fully saturated rings. The molecule has 6 heteroatoms. The Bertz CT molecular complexity index is 244. The Morgan fingerprint density at radius 2 is 1.69 bits per heavy atom. The molecule has 0 amide bonds. The van der Waals surface area contributed by atoms with E-state index in [0.29, 0.717) is 10.5 Å². The normalized spacial score (nSPS) is 14.0. The van der Waals surface area contributed by atoms with E-state index >= 15 is 0 Å². The van der Waals surface area contributed by atoms with Crippen LogP contribution in [-0.4, -0.2) is 18.0 Å². The van der Waals surface area contributed by atoms with Crippen LogP contribution in [0.2, 0.25) is 0 Å². The Kier molecular flexibility index (Phi) is 5.77. The van der Waals surface area contributed by atoms with E-state index in [0.717, 1.165) is 13.1 Å². The van der Waals surface area contributed by atoms with Crippen molar-refractivity contribution in [2.24, 2.45) is 0 Å². The molecule has 0 saturated carbocycles. The molecule has 0 aromatic heterocycles. The Labute approximate surface area is 93.8 Å². The Balaban J connectivity index is 4.90. The van der Waals surface area contributed by atoms with E-state index in [9.17, 15) is 4.57 Å². The first-order valence-electron chi connectivity index (χ1n) is 3.95. The average molecular weight is 265 g/mol. The predicted molar refractivity (Wildman–Crippen MR) is 60.8 cm³/mol. The van der Waals surface area contributed by atoms with Crippen molar-refractivity contribution in [3.8, 4) is 0 Å². The molecule has 0 saturated heterocycles. The van der Waals surface area contributed by atoms with Crippen molar-refractivity contribution in [2.45, 2.75) is 20.8 Å². The minimum absolute atomic E-state index is 0.348. The number of hydrogen-bond acceptors (Lipinski definition) is 2. The molecule has 0 atom stereocenters. The van der Waals surface area contributed by atoms with Gasteiger partial charge in [0.15, 0.2) is 0 Å². The Morgan fingerprint density at radius 3 is 1.92 bits per heavy atom. The SMILES string of the molecule is CCN(CC)/C(Cl)=C(\C)P(=O)(Cl)Cl. The summed E-state index contributed by atoms with van der Waals surface area (Å²) in [7, 11) is 0. The van der Waals surface area contributed by atoms with E-state index in [4.69, 9.17) is 34.1 Å². The number of halogens is 3. The van der Waals surface area contributed by atoms with E-state index in [1.165, 1.54) is 0 Å². The van der Waals surface area contributed by atoms with Crippen molar-refractivity contribution < 1.29 is 4.57 Å². The molecule has 0 radical (unpaired) electrons. The largest absolute Gasteiger partial charge is 0.362 e.